The van der Waals surface area contributed by atoms with Crippen LogP contribution in [-0.2, 0) is 0 Å². The fourth-order valence-corrected chi connectivity index (χ4v) is 1.18. The quantitative estimate of drug-likeness (QED) is 0.500. The van der Waals surface area contributed by atoms with Gasteiger partial charge in [0.15, 0.2) is 0 Å². The Balaban J connectivity index is 2.99. The summed E-state index contributed by atoms with van der Waals surface area (Å²) >= 11 is 0. The number of nitrogen functional groups attached to an aromatic ring is 1. The average Bonchev–Trinajstić information content (AvgIpc) is 2.19. The van der Waals surface area contributed by atoms with Crippen LogP contribution in [-0.4, -0.2) is 32.1 Å². The van der Waals surface area contributed by atoms with Gasteiger partial charge in [0.25, 0.3) is 5.91 Å². The Labute approximate surface area is 89.2 Å². The highest BCUT2D eigenvalue weighted by Crippen LogP contribution is 2.19. The van der Waals surface area contributed by atoms with Gasteiger partial charge in [0.05, 0.1) is 11.4 Å². The Hall–Kier alpha value is -1.75. The van der Waals surface area contributed by atoms with Gasteiger partial charge in [0, 0.05) is 26.7 Å². The molecule has 1 amide bonds. The van der Waals surface area contributed by atoms with Gasteiger partial charge < -0.3 is 16.5 Å². The van der Waals surface area contributed by atoms with Crippen LogP contribution < -0.4 is 16.5 Å². The number of nitrogens with two attached hydrogens (primary N) is 1. The van der Waals surface area contributed by atoms with Crippen LogP contribution in [0.4, 0.5) is 11.4 Å². The number of hydrogen-bond acceptors (Lipinski definition) is 4. The Bertz CT molecular complexity index is 362. The summed E-state index contributed by atoms with van der Waals surface area (Å²) in [6.07, 6.45) is 0. The second-order valence-electron chi connectivity index (χ2n) is 3.39. The summed E-state index contributed by atoms with van der Waals surface area (Å²) in [5.74, 6) is -0.128. The standard InChI is InChI=1S/C10H16N4O/c1-12-10(15)7-4-5-8(11)9(6-7)13-14(2)3/h4-6,13H,11H2,1-3H3,(H,12,15). The smallest absolute Gasteiger partial charge is 0.251 e. The van der Waals surface area contributed by atoms with E-state index in [9.17, 15) is 4.79 Å². The van der Waals surface area contributed by atoms with Crippen LogP contribution in [0.5, 0.6) is 0 Å². The first-order chi connectivity index (χ1) is 7.04. The van der Waals surface area contributed by atoms with Crippen molar-refractivity contribution in [3.05, 3.63) is 23.8 Å². The molecule has 15 heavy (non-hydrogen) atoms. The van der Waals surface area contributed by atoms with Crippen molar-refractivity contribution in [2.75, 3.05) is 32.3 Å². The van der Waals surface area contributed by atoms with E-state index in [0.717, 1.165) is 5.69 Å². The third kappa shape index (κ3) is 2.85. The molecule has 5 nitrogen and oxygen atoms in total. The van der Waals surface area contributed by atoms with Crippen LogP contribution in [0.3, 0.4) is 0 Å². The van der Waals surface area contributed by atoms with Crippen molar-refractivity contribution in [1.82, 2.24) is 10.3 Å². The Kier molecular flexibility index (Phi) is 3.51. The molecule has 0 atom stereocenters. The van der Waals surface area contributed by atoms with Crippen molar-refractivity contribution in [3.63, 3.8) is 0 Å². The molecule has 0 saturated carbocycles. The number of carbonyl (C=O) groups is 1. The van der Waals surface area contributed by atoms with Crippen molar-refractivity contribution < 1.29 is 4.79 Å². The van der Waals surface area contributed by atoms with Gasteiger partial charge in [0.1, 0.15) is 0 Å². The lowest BCUT2D eigenvalue weighted by Gasteiger charge is -2.16. The molecular formula is C10H16N4O. The Morgan fingerprint density at radius 2 is 2.07 bits per heavy atom. The van der Waals surface area contributed by atoms with E-state index in [1.54, 1.807) is 30.3 Å². The first-order valence-corrected chi connectivity index (χ1v) is 4.60. The van der Waals surface area contributed by atoms with E-state index in [-0.39, 0.29) is 5.91 Å². The van der Waals surface area contributed by atoms with Crippen molar-refractivity contribution >= 4 is 17.3 Å². The maximum Gasteiger partial charge on any atom is 0.251 e. The van der Waals surface area contributed by atoms with Gasteiger partial charge in [-0.05, 0) is 18.2 Å². The minimum atomic E-state index is -0.128. The molecule has 0 unspecified atom stereocenters. The highest BCUT2D eigenvalue weighted by molar-refractivity contribution is 5.95. The molecule has 5 heteroatoms. The molecule has 0 aliphatic carbocycles. The molecule has 1 aromatic rings. The lowest BCUT2D eigenvalue weighted by atomic mass is 10.1. The number of hydrazine groups is 1. The average molecular weight is 208 g/mol. The van der Waals surface area contributed by atoms with Gasteiger partial charge in [-0.25, -0.2) is 5.01 Å². The van der Waals surface area contributed by atoms with E-state index in [4.69, 9.17) is 5.73 Å². The van der Waals surface area contributed by atoms with Crippen LogP contribution >= 0.6 is 0 Å². The molecule has 0 aliphatic heterocycles. The van der Waals surface area contributed by atoms with Gasteiger partial charge in [-0.3, -0.25) is 4.79 Å². The van der Waals surface area contributed by atoms with Crippen molar-refractivity contribution in [2.24, 2.45) is 0 Å². The molecule has 0 aromatic heterocycles. The van der Waals surface area contributed by atoms with Crippen LogP contribution in [0.25, 0.3) is 0 Å². The largest absolute Gasteiger partial charge is 0.397 e. The van der Waals surface area contributed by atoms with Gasteiger partial charge >= 0.3 is 0 Å². The van der Waals surface area contributed by atoms with Crippen LogP contribution in [0.15, 0.2) is 18.2 Å². The summed E-state index contributed by atoms with van der Waals surface area (Å²) in [4.78, 5) is 11.4. The number of benzene rings is 1. The number of carbonyl (C=O) groups excluding carboxylic acids is 1. The summed E-state index contributed by atoms with van der Waals surface area (Å²) in [5, 5.41) is 4.32. The normalized spacial score (nSPS) is 10.1. The zero-order valence-corrected chi connectivity index (χ0v) is 9.16. The number of nitrogens with zero attached hydrogens (tertiary/aromatic N) is 1. The molecule has 0 saturated heterocycles. The van der Waals surface area contributed by atoms with E-state index in [1.807, 2.05) is 14.1 Å². The van der Waals surface area contributed by atoms with Gasteiger partial charge in [0.2, 0.25) is 0 Å². The topological polar surface area (TPSA) is 70.4 Å². The number of hydrogen-bond donors (Lipinski definition) is 3. The molecule has 0 aliphatic rings. The molecule has 0 spiro atoms. The maximum atomic E-state index is 11.4. The summed E-state index contributed by atoms with van der Waals surface area (Å²) in [7, 11) is 5.30. The Morgan fingerprint density at radius 3 is 2.60 bits per heavy atom. The monoisotopic (exact) mass is 208 g/mol. The third-order valence-corrected chi connectivity index (χ3v) is 1.89. The van der Waals surface area contributed by atoms with Crippen LogP contribution in [0, 0.1) is 0 Å². The zero-order chi connectivity index (χ0) is 11.4. The second-order valence-corrected chi connectivity index (χ2v) is 3.39. The molecule has 0 fully saturated rings. The molecule has 1 aromatic carbocycles. The maximum absolute atomic E-state index is 11.4. The molecule has 0 radical (unpaired) electrons. The summed E-state index contributed by atoms with van der Waals surface area (Å²) in [6, 6.07) is 5.11. The molecule has 82 valence electrons. The van der Waals surface area contributed by atoms with E-state index < -0.39 is 0 Å². The van der Waals surface area contributed by atoms with E-state index in [1.165, 1.54) is 0 Å². The minimum Gasteiger partial charge on any atom is -0.397 e. The number of rotatable bonds is 3. The first kappa shape index (κ1) is 11.3. The minimum absolute atomic E-state index is 0.128. The summed E-state index contributed by atoms with van der Waals surface area (Å²) in [5.41, 5.74) is 10.7. The fraction of sp³-hybridized carbons (Fsp3) is 0.300. The van der Waals surface area contributed by atoms with Crippen molar-refractivity contribution in [1.29, 1.82) is 0 Å². The van der Waals surface area contributed by atoms with Crippen LogP contribution in [0.2, 0.25) is 0 Å². The molecule has 0 bridgehead atoms. The van der Waals surface area contributed by atoms with Crippen LogP contribution in [0.1, 0.15) is 10.4 Å². The van der Waals surface area contributed by atoms with Crippen molar-refractivity contribution in [2.45, 2.75) is 0 Å². The Morgan fingerprint density at radius 1 is 1.40 bits per heavy atom. The predicted octanol–water partition coefficient (Wildman–Crippen LogP) is 0.517. The SMILES string of the molecule is CNC(=O)c1ccc(N)c(NN(C)C)c1. The van der Waals surface area contributed by atoms with E-state index in [2.05, 4.69) is 10.7 Å². The van der Waals surface area contributed by atoms with Gasteiger partial charge in [-0.1, -0.05) is 0 Å². The highest BCUT2D eigenvalue weighted by Gasteiger charge is 2.06. The molecule has 1 rings (SSSR count). The van der Waals surface area contributed by atoms with Crippen molar-refractivity contribution in [3.8, 4) is 0 Å². The van der Waals surface area contributed by atoms with E-state index in [0.29, 0.717) is 11.3 Å². The number of amides is 1. The molecule has 0 heterocycles. The van der Waals surface area contributed by atoms with Gasteiger partial charge in [-0.15, -0.1) is 0 Å². The third-order valence-electron chi connectivity index (χ3n) is 1.89. The predicted molar refractivity (Wildman–Crippen MR) is 61.6 cm³/mol. The first-order valence-electron chi connectivity index (χ1n) is 4.60. The lowest BCUT2D eigenvalue weighted by Crippen LogP contribution is -2.22. The summed E-state index contributed by atoms with van der Waals surface area (Å²) < 4.78 is 0. The summed E-state index contributed by atoms with van der Waals surface area (Å²) in [6.45, 7) is 0. The fourth-order valence-electron chi connectivity index (χ4n) is 1.18. The zero-order valence-electron chi connectivity index (χ0n) is 9.16. The van der Waals surface area contributed by atoms with E-state index >= 15 is 0 Å². The number of anilines is 2. The number of nitrogens with one attached hydrogen (secondary N) is 2. The van der Waals surface area contributed by atoms with Gasteiger partial charge in [-0.2, -0.15) is 0 Å². The second kappa shape index (κ2) is 4.65. The molecular weight excluding hydrogens is 192 g/mol. The highest BCUT2D eigenvalue weighted by atomic mass is 16.1. The molecule has 4 N–H and O–H groups in total. The lowest BCUT2D eigenvalue weighted by molar-refractivity contribution is 0.0963.